The maximum absolute atomic E-state index is 2.73. The van der Waals surface area contributed by atoms with Gasteiger partial charge >= 0.3 is 110 Å². The van der Waals surface area contributed by atoms with Crippen molar-refractivity contribution < 1.29 is 43.4 Å². The van der Waals surface area contributed by atoms with Gasteiger partial charge in [-0.1, -0.05) is 0 Å². The van der Waals surface area contributed by atoms with Crippen LogP contribution in [-0.2, 0) is 18.6 Å². The second-order valence-electron chi connectivity index (χ2n) is 6.65. The molecule has 0 saturated carbocycles. The van der Waals surface area contributed by atoms with Crippen LogP contribution in [0.1, 0.15) is 12.8 Å². The van der Waals surface area contributed by atoms with Gasteiger partial charge in [-0.15, -0.1) is 0 Å². The number of hydrogen-bond acceptors (Lipinski definition) is 0. The molecule has 0 unspecified atom stereocenters. The zero-order valence-electron chi connectivity index (χ0n) is 12.1. The quantitative estimate of drug-likeness (QED) is 0.480. The molecule has 0 aromatic rings. The molecule has 0 aromatic carbocycles. The van der Waals surface area contributed by atoms with Crippen LogP contribution in [0.15, 0.2) is 43.0 Å². The maximum atomic E-state index is 2.73. The van der Waals surface area contributed by atoms with Gasteiger partial charge < -0.3 is 24.8 Å². The number of rotatable bonds is 2. The molecule has 1 aliphatic heterocycles. The van der Waals surface area contributed by atoms with Crippen molar-refractivity contribution in [2.24, 2.45) is 0 Å². The maximum Gasteiger partial charge on any atom is -1.00 e. The topological polar surface area (TPSA) is 0 Å². The second-order valence-corrected chi connectivity index (χ2v) is 65.1. The smallest absolute Gasteiger partial charge is 1.00 e. The number of hydrogen-bond donors (Lipinski definition) is 0. The monoisotopic (exact) mass is 406 g/mol. The van der Waals surface area contributed by atoms with Crippen molar-refractivity contribution in [3.8, 4) is 0 Å². The molecule has 0 amide bonds. The van der Waals surface area contributed by atoms with Crippen LogP contribution in [0.25, 0.3) is 0 Å². The fourth-order valence-corrected chi connectivity index (χ4v) is 164. The molecular weight excluding hydrogens is 386 g/mol. The third kappa shape index (κ3) is 1.99. The predicted octanol–water partition coefficient (Wildman–Crippen LogP) is -1.66. The van der Waals surface area contributed by atoms with E-state index in [4.69, 9.17) is 0 Å². The van der Waals surface area contributed by atoms with E-state index in [2.05, 4.69) is 62.6 Å². The van der Waals surface area contributed by atoms with E-state index in [1.807, 2.05) is 6.56 Å². The summed E-state index contributed by atoms with van der Waals surface area (Å²) in [6.07, 6.45) is 17.1. The van der Waals surface area contributed by atoms with Gasteiger partial charge in [-0.2, -0.15) is 0 Å². The summed E-state index contributed by atoms with van der Waals surface area (Å²) in [6.45, 7) is 10.9. The van der Waals surface area contributed by atoms with Crippen LogP contribution in [-0.4, -0.2) is 9.44 Å². The molecule has 1 saturated heterocycles. The SMILES string of the molecule is C[Si]1(C)[Si](C)(C)[Zr+2]1([C]1=CC=CC1)[C]1=CC=CC1.[Cl-].[Cl-]. The number of halogens is 2. The van der Waals surface area contributed by atoms with Crippen molar-refractivity contribution in [1.82, 2.24) is 0 Å². The van der Waals surface area contributed by atoms with Gasteiger partial charge in [0.15, 0.2) is 0 Å². The fraction of sp³-hybridized carbons (Fsp3) is 0.429. The summed E-state index contributed by atoms with van der Waals surface area (Å²) < 4.78 is 2.19. The molecule has 2 aliphatic carbocycles. The molecule has 0 spiro atoms. The summed E-state index contributed by atoms with van der Waals surface area (Å²) in [7, 11) is 0. The molecule has 1 fully saturated rings. The van der Waals surface area contributed by atoms with Crippen LogP contribution < -0.4 is 24.8 Å². The van der Waals surface area contributed by atoms with E-state index in [9.17, 15) is 0 Å². The van der Waals surface area contributed by atoms with Crippen molar-refractivity contribution >= 4 is 9.44 Å². The summed E-state index contributed by atoms with van der Waals surface area (Å²) in [6, 6.07) is 0. The molecule has 19 heavy (non-hydrogen) atoms. The third-order valence-electron chi connectivity index (χ3n) is 5.88. The van der Waals surface area contributed by atoms with E-state index in [0.29, 0.717) is 0 Å². The van der Waals surface area contributed by atoms with Gasteiger partial charge in [0, 0.05) is 0 Å². The first-order valence-corrected chi connectivity index (χ1v) is 23.5. The van der Waals surface area contributed by atoms with Crippen LogP contribution in [0.5, 0.6) is 0 Å². The van der Waals surface area contributed by atoms with Gasteiger partial charge in [0.05, 0.1) is 0 Å². The Labute approximate surface area is 134 Å². The van der Waals surface area contributed by atoms with Crippen molar-refractivity contribution in [2.45, 2.75) is 39.0 Å². The molecular formula is C14H22Cl2Si2Zr. The Morgan fingerprint density at radius 2 is 1.16 bits per heavy atom. The van der Waals surface area contributed by atoms with E-state index in [-0.39, 0.29) is 24.8 Å². The molecule has 5 heteroatoms. The van der Waals surface area contributed by atoms with Gasteiger partial charge in [-0.25, -0.2) is 0 Å². The fourth-order valence-electron chi connectivity index (χ4n) is 4.57. The minimum absolute atomic E-state index is 0. The Hall–Kier alpha value is 0.857. The largest absolute Gasteiger partial charge is 1.00 e. The summed E-state index contributed by atoms with van der Waals surface area (Å²) in [4.78, 5) is 0. The van der Waals surface area contributed by atoms with E-state index < -0.39 is 28.0 Å². The minimum atomic E-state index is -2.06. The zero-order chi connectivity index (χ0) is 12.3. The Morgan fingerprint density at radius 1 is 0.789 bits per heavy atom. The molecule has 0 bridgehead atoms. The van der Waals surface area contributed by atoms with E-state index in [1.165, 1.54) is 12.8 Å². The van der Waals surface area contributed by atoms with Crippen LogP contribution in [0.2, 0.25) is 26.2 Å². The second kappa shape index (κ2) is 5.57. The van der Waals surface area contributed by atoms with Crippen LogP contribution >= 0.6 is 0 Å². The standard InChI is InChI=1S/2C5H5.C4H12Si2.2ClH.Zr/c2*1-2-4-5-3-1;1-5(2)6(3)4;;;/h2*1-3H,4H2;1-4H3;2*1H;/q;;;;;+2/p-2. The van der Waals surface area contributed by atoms with Crippen molar-refractivity contribution in [1.29, 1.82) is 0 Å². The van der Waals surface area contributed by atoms with Crippen molar-refractivity contribution in [2.75, 3.05) is 0 Å². The molecule has 3 rings (SSSR count). The zero-order valence-corrected chi connectivity index (χ0v) is 18.1. The van der Waals surface area contributed by atoms with Gasteiger partial charge in [0.1, 0.15) is 0 Å². The van der Waals surface area contributed by atoms with Gasteiger partial charge in [0.25, 0.3) is 0 Å². The van der Waals surface area contributed by atoms with E-state index in [1.54, 1.807) is 0 Å². The van der Waals surface area contributed by atoms with Crippen LogP contribution in [0.3, 0.4) is 0 Å². The van der Waals surface area contributed by atoms with Crippen LogP contribution in [0, 0.1) is 0 Å². The van der Waals surface area contributed by atoms with Crippen LogP contribution in [0.4, 0.5) is 0 Å². The molecule has 104 valence electrons. The van der Waals surface area contributed by atoms with Crippen molar-refractivity contribution in [3.63, 3.8) is 0 Å². The molecule has 0 N–H and O–H groups in total. The average molecular weight is 409 g/mol. The van der Waals surface area contributed by atoms with Gasteiger partial charge in [-0.3, -0.25) is 0 Å². The Kier molecular flexibility index (Phi) is 5.25. The first kappa shape index (κ1) is 17.9. The third-order valence-corrected chi connectivity index (χ3v) is 117. The van der Waals surface area contributed by atoms with Gasteiger partial charge in [-0.05, 0) is 0 Å². The summed E-state index contributed by atoms with van der Waals surface area (Å²) in [5, 5.41) is 0. The molecule has 0 nitrogen and oxygen atoms in total. The molecule has 0 radical (unpaired) electrons. The van der Waals surface area contributed by atoms with Gasteiger partial charge in [0.2, 0.25) is 0 Å². The minimum Gasteiger partial charge on any atom is -1.00 e. The summed E-state index contributed by atoms with van der Waals surface area (Å²) in [5.41, 5.74) is 0. The van der Waals surface area contributed by atoms with E-state index >= 15 is 0 Å². The van der Waals surface area contributed by atoms with E-state index in [0.717, 1.165) is 0 Å². The Bertz CT molecular complexity index is 456. The predicted molar refractivity (Wildman–Crippen MR) is 78.6 cm³/mol. The average Bonchev–Trinajstić information content (AvgIpc) is 2.81. The van der Waals surface area contributed by atoms with Crippen molar-refractivity contribution in [3.05, 3.63) is 43.0 Å². The molecule has 0 atom stereocenters. The molecule has 3 aliphatic rings. The summed E-state index contributed by atoms with van der Waals surface area (Å²) in [5.74, 6) is 0. The first-order valence-electron chi connectivity index (χ1n) is 6.68. The summed E-state index contributed by atoms with van der Waals surface area (Å²) >= 11 is -2.06. The molecule has 1 heterocycles. The number of allylic oxidation sites excluding steroid dienone is 8. The first-order chi connectivity index (χ1) is 7.96. The molecule has 0 aromatic heterocycles. The Balaban J connectivity index is 0.000000902. The normalized spacial score (nSPS) is 25.5. The Morgan fingerprint density at radius 3 is 1.37 bits per heavy atom.